The molecule has 1 atom stereocenters. The van der Waals surface area contributed by atoms with Crippen molar-refractivity contribution in [3.05, 3.63) is 85.1 Å². The number of rotatable bonds is 3. The number of carbonyl (C=O) groups is 1. The van der Waals surface area contributed by atoms with Crippen molar-refractivity contribution in [1.82, 2.24) is 4.98 Å². The van der Waals surface area contributed by atoms with Gasteiger partial charge in [0.25, 0.3) is 5.91 Å². The van der Waals surface area contributed by atoms with Crippen molar-refractivity contribution in [2.24, 2.45) is 0 Å². The second kappa shape index (κ2) is 7.12. The minimum atomic E-state index is -0.740. The molecule has 150 valence electrons. The molecule has 3 heterocycles. The summed E-state index contributed by atoms with van der Waals surface area (Å²) in [5, 5.41) is 3.26. The Morgan fingerprint density at radius 2 is 1.97 bits per heavy atom. The summed E-state index contributed by atoms with van der Waals surface area (Å²) in [4.78, 5) is 32.5. The minimum absolute atomic E-state index is 0.0213. The van der Waals surface area contributed by atoms with Gasteiger partial charge in [-0.1, -0.05) is 29.3 Å². The Morgan fingerprint density at radius 1 is 1.13 bits per heavy atom. The van der Waals surface area contributed by atoms with Crippen molar-refractivity contribution >= 4 is 56.5 Å². The van der Waals surface area contributed by atoms with Crippen molar-refractivity contribution in [2.45, 2.75) is 6.04 Å². The molecule has 4 aromatic rings. The van der Waals surface area contributed by atoms with Crippen LogP contribution < -0.4 is 15.1 Å². The molecular formula is C21H12Cl2N2O4S. The maximum Gasteiger partial charge on any atom is 0.297 e. The zero-order valence-corrected chi connectivity index (χ0v) is 17.7. The summed E-state index contributed by atoms with van der Waals surface area (Å²) >= 11 is 13.6. The first-order valence-corrected chi connectivity index (χ1v) is 10.5. The van der Waals surface area contributed by atoms with Crippen LogP contribution in [0.25, 0.3) is 11.0 Å². The maximum absolute atomic E-state index is 13.5. The lowest BCUT2D eigenvalue weighted by Gasteiger charge is -2.22. The zero-order chi connectivity index (χ0) is 21.0. The van der Waals surface area contributed by atoms with E-state index in [-0.39, 0.29) is 22.3 Å². The Bertz CT molecular complexity index is 1370. The van der Waals surface area contributed by atoms with Gasteiger partial charge >= 0.3 is 0 Å². The van der Waals surface area contributed by atoms with Crippen LogP contribution in [-0.2, 0) is 0 Å². The first-order chi connectivity index (χ1) is 14.5. The number of hydrogen-bond donors (Lipinski definition) is 0. The van der Waals surface area contributed by atoms with Gasteiger partial charge in [0.15, 0.2) is 10.6 Å². The number of hydrogen-bond acceptors (Lipinski definition) is 6. The average Bonchev–Trinajstić information content (AvgIpc) is 3.36. The van der Waals surface area contributed by atoms with Crippen LogP contribution in [0.15, 0.2) is 57.2 Å². The molecule has 1 amide bonds. The Balaban J connectivity index is 1.82. The molecule has 5 rings (SSSR count). The third kappa shape index (κ3) is 2.81. The second-order valence-electron chi connectivity index (χ2n) is 6.60. The Hall–Kier alpha value is -2.87. The quantitative estimate of drug-likeness (QED) is 0.415. The van der Waals surface area contributed by atoms with Crippen molar-refractivity contribution in [3.8, 4) is 5.75 Å². The van der Waals surface area contributed by atoms with E-state index in [9.17, 15) is 9.59 Å². The molecule has 0 aliphatic carbocycles. The van der Waals surface area contributed by atoms with Gasteiger partial charge in [-0.25, -0.2) is 4.98 Å². The van der Waals surface area contributed by atoms with Crippen LogP contribution >= 0.6 is 34.5 Å². The van der Waals surface area contributed by atoms with Gasteiger partial charge in [0.1, 0.15) is 11.3 Å². The van der Waals surface area contributed by atoms with E-state index in [0.717, 1.165) is 0 Å². The third-order valence-corrected chi connectivity index (χ3v) is 6.47. The van der Waals surface area contributed by atoms with Crippen molar-refractivity contribution in [2.75, 3.05) is 12.0 Å². The summed E-state index contributed by atoms with van der Waals surface area (Å²) in [6.07, 6.45) is 1.60. The van der Waals surface area contributed by atoms with Crippen LogP contribution in [0.5, 0.6) is 5.75 Å². The zero-order valence-electron chi connectivity index (χ0n) is 15.4. The highest BCUT2D eigenvalue weighted by Crippen LogP contribution is 2.43. The molecule has 6 nitrogen and oxygen atoms in total. The first kappa shape index (κ1) is 19.1. The number of aromatic nitrogens is 1. The number of methoxy groups -OCH3 is 1. The fourth-order valence-electron chi connectivity index (χ4n) is 3.61. The monoisotopic (exact) mass is 458 g/mol. The highest BCUT2D eigenvalue weighted by molar-refractivity contribution is 7.13. The largest absolute Gasteiger partial charge is 0.497 e. The van der Waals surface area contributed by atoms with Crippen LogP contribution in [0.4, 0.5) is 5.13 Å². The van der Waals surface area contributed by atoms with E-state index in [1.165, 1.54) is 23.3 Å². The number of carbonyl (C=O) groups excluding carboxylic acids is 1. The topological polar surface area (TPSA) is 72.6 Å². The van der Waals surface area contributed by atoms with Gasteiger partial charge < -0.3 is 9.15 Å². The third-order valence-electron chi connectivity index (χ3n) is 4.96. The van der Waals surface area contributed by atoms with E-state index in [4.69, 9.17) is 32.4 Å². The maximum atomic E-state index is 13.5. The molecule has 1 aliphatic heterocycles. The van der Waals surface area contributed by atoms with Crippen LogP contribution in [-0.4, -0.2) is 18.0 Å². The van der Waals surface area contributed by atoms with E-state index in [1.54, 1.807) is 48.0 Å². The predicted octanol–water partition coefficient (Wildman–Crippen LogP) is 5.31. The predicted molar refractivity (Wildman–Crippen MR) is 116 cm³/mol. The lowest BCUT2D eigenvalue weighted by Crippen LogP contribution is -2.29. The number of amides is 1. The molecular weight excluding hydrogens is 447 g/mol. The fraction of sp³-hybridized carbons (Fsp3) is 0.0952. The van der Waals surface area contributed by atoms with Crippen LogP contribution in [0.2, 0.25) is 10.0 Å². The number of halogens is 2. The van der Waals surface area contributed by atoms with Gasteiger partial charge in [0.2, 0.25) is 5.76 Å². The molecule has 30 heavy (non-hydrogen) atoms. The summed E-state index contributed by atoms with van der Waals surface area (Å²) in [5.41, 5.74) is 0.857. The molecule has 2 aromatic carbocycles. The van der Waals surface area contributed by atoms with Gasteiger partial charge in [-0.3, -0.25) is 14.5 Å². The molecule has 0 fully saturated rings. The van der Waals surface area contributed by atoms with E-state index in [1.807, 2.05) is 0 Å². The van der Waals surface area contributed by atoms with E-state index >= 15 is 0 Å². The van der Waals surface area contributed by atoms with Crippen LogP contribution in [0.3, 0.4) is 0 Å². The Kier molecular flexibility index (Phi) is 4.54. The van der Waals surface area contributed by atoms with Crippen LogP contribution in [0.1, 0.15) is 27.7 Å². The molecule has 0 saturated heterocycles. The number of ether oxygens (including phenoxy) is 1. The molecule has 9 heteroatoms. The standard InChI is InChI=1S/C21H12Cl2N2O4S/c1-28-11-3-4-12-15(9-11)29-19-16(18(12)26)17(10-2-5-13(22)14(23)8-10)25(20(19)27)21-24-6-7-30-21/h2-9,17H,1H3. The molecule has 0 N–H and O–H groups in total. The number of thiazole rings is 1. The number of nitrogens with zero attached hydrogens (tertiary/aromatic N) is 2. The summed E-state index contributed by atoms with van der Waals surface area (Å²) in [5.74, 6) is 0.0544. The normalized spacial score (nSPS) is 15.6. The van der Waals surface area contributed by atoms with Gasteiger partial charge in [-0.2, -0.15) is 0 Å². The Labute approximate surface area is 184 Å². The minimum Gasteiger partial charge on any atom is -0.497 e. The number of benzene rings is 2. The number of anilines is 1. The first-order valence-electron chi connectivity index (χ1n) is 8.82. The molecule has 0 spiro atoms. The van der Waals surface area contributed by atoms with Crippen LogP contribution in [0, 0.1) is 0 Å². The summed E-state index contributed by atoms with van der Waals surface area (Å²) in [6, 6.07) is 9.17. The summed E-state index contributed by atoms with van der Waals surface area (Å²) < 4.78 is 11.1. The second-order valence-corrected chi connectivity index (χ2v) is 8.29. The SMILES string of the molecule is COc1ccc2c(=O)c3c(oc2c1)C(=O)N(c1nccs1)C3c1ccc(Cl)c(Cl)c1. The van der Waals surface area contributed by atoms with Gasteiger partial charge in [-0.05, 0) is 29.8 Å². The molecule has 1 unspecified atom stereocenters. The molecule has 2 aromatic heterocycles. The lowest BCUT2D eigenvalue weighted by molar-refractivity contribution is 0.0971. The molecule has 0 saturated carbocycles. The highest BCUT2D eigenvalue weighted by Gasteiger charge is 2.44. The van der Waals surface area contributed by atoms with Gasteiger partial charge in [-0.15, -0.1) is 11.3 Å². The average molecular weight is 459 g/mol. The number of fused-ring (bicyclic) bond motifs is 2. The highest BCUT2D eigenvalue weighted by atomic mass is 35.5. The Morgan fingerprint density at radius 3 is 2.67 bits per heavy atom. The van der Waals surface area contributed by atoms with Crippen molar-refractivity contribution < 1.29 is 13.9 Å². The smallest absolute Gasteiger partial charge is 0.297 e. The molecule has 1 aliphatic rings. The van der Waals surface area contributed by atoms with Gasteiger partial charge in [0.05, 0.1) is 34.1 Å². The molecule has 0 bridgehead atoms. The summed E-state index contributed by atoms with van der Waals surface area (Å²) in [7, 11) is 1.52. The van der Waals surface area contributed by atoms with Crippen molar-refractivity contribution in [3.63, 3.8) is 0 Å². The van der Waals surface area contributed by atoms with Gasteiger partial charge in [0, 0.05) is 17.6 Å². The summed E-state index contributed by atoms with van der Waals surface area (Å²) in [6.45, 7) is 0. The lowest BCUT2D eigenvalue weighted by atomic mass is 9.98. The van der Waals surface area contributed by atoms with Crippen molar-refractivity contribution in [1.29, 1.82) is 0 Å². The van der Waals surface area contributed by atoms with E-state index < -0.39 is 11.9 Å². The molecule has 0 radical (unpaired) electrons. The van der Waals surface area contributed by atoms with E-state index in [2.05, 4.69) is 4.98 Å². The van der Waals surface area contributed by atoms with E-state index in [0.29, 0.717) is 31.9 Å². The fourth-order valence-corrected chi connectivity index (χ4v) is 4.58.